The van der Waals surface area contributed by atoms with Gasteiger partial charge in [0, 0.05) is 12.4 Å². The van der Waals surface area contributed by atoms with E-state index in [-0.39, 0.29) is 45.3 Å². The second-order valence-corrected chi connectivity index (χ2v) is 14.0. The van der Waals surface area contributed by atoms with E-state index in [4.69, 9.17) is 37.3 Å². The maximum absolute atomic E-state index is 12.1. The first-order valence-corrected chi connectivity index (χ1v) is 16.5. The van der Waals surface area contributed by atoms with Gasteiger partial charge < -0.3 is 21.5 Å². The molecule has 0 aliphatic rings. The molecule has 3 rings (SSSR count). The number of allylic oxidation sites excluding steroid dienone is 2. The topological polar surface area (TPSA) is 386 Å². The van der Waals surface area contributed by atoms with Crippen molar-refractivity contribution in [1.29, 1.82) is 0 Å². The van der Waals surface area contributed by atoms with E-state index < -0.39 is 28.1 Å². The Morgan fingerprint density at radius 1 is 0.640 bits per heavy atom. The molecule has 24 heteroatoms. The molecular weight excluding hydrogens is 774 g/mol. The Balaban J connectivity index is -0.000000132. The first kappa shape index (κ1) is 59.6. The zero-order valence-electron chi connectivity index (χ0n) is 28.3. The SMILES string of the molecule is CC(=O)/C=C(/C)[O-].CN(C)P(=O)(N(C)C)N(C)C.O.O.[Cr+3].[O-][Cl+3]([O-])([O-])[O-].[O-][Cl+3]([O-])([O-])[O-].[OH3+].c1ccc(-c2cccc(-c3ccccn3)n2)nc1. The quantitative estimate of drug-likeness (QED) is 0.0964. The minimum Gasteiger partial charge on any atom is -0.876 e. The number of halogens is 2. The fourth-order valence-electron chi connectivity index (χ4n) is 3.11. The van der Waals surface area contributed by atoms with Crippen molar-refractivity contribution >= 4 is 13.4 Å². The van der Waals surface area contributed by atoms with E-state index in [2.05, 4.69) is 15.0 Å². The largest absolute Gasteiger partial charge is 3.00 e. The van der Waals surface area contributed by atoms with Crippen molar-refractivity contribution < 1.29 is 106 Å². The van der Waals surface area contributed by atoms with Crippen molar-refractivity contribution in [3.63, 3.8) is 0 Å². The summed E-state index contributed by atoms with van der Waals surface area (Å²) in [5.74, 6) is -0.375. The van der Waals surface area contributed by atoms with Gasteiger partial charge in [0.05, 0.1) is 22.8 Å². The van der Waals surface area contributed by atoms with E-state index in [0.29, 0.717) is 0 Å². The molecule has 3 aromatic heterocycles. The van der Waals surface area contributed by atoms with Crippen LogP contribution in [-0.4, -0.2) is 88.0 Å². The Hall–Kier alpha value is -2.56. The maximum Gasteiger partial charge on any atom is 3.00 e. The van der Waals surface area contributed by atoms with Gasteiger partial charge in [-0.1, -0.05) is 25.1 Å². The number of carbonyl (C=O) groups excluding carboxylic acids is 1. The Bertz CT molecular complexity index is 1260. The molecule has 0 spiro atoms. The second kappa shape index (κ2) is 29.1. The number of pyridine rings is 3. The molecule has 7 N–H and O–H groups in total. The average molecular weight is 818 g/mol. The Kier molecular flexibility index (Phi) is 34.6. The van der Waals surface area contributed by atoms with Crippen molar-refractivity contribution in [3.05, 3.63) is 78.8 Å². The van der Waals surface area contributed by atoms with E-state index in [9.17, 15) is 14.5 Å². The zero-order valence-corrected chi connectivity index (χ0v) is 32.0. The minimum absolute atomic E-state index is 0. The molecule has 0 aliphatic carbocycles. The van der Waals surface area contributed by atoms with Crippen molar-refractivity contribution in [2.75, 3.05) is 42.3 Å². The summed E-state index contributed by atoms with van der Waals surface area (Å²) in [6.07, 6.45) is 4.59. The molecular formula is C26H43Cl2CrN6O14P+. The van der Waals surface area contributed by atoms with Crippen LogP contribution in [0.5, 0.6) is 0 Å². The van der Waals surface area contributed by atoms with Crippen LogP contribution in [0.15, 0.2) is 78.8 Å². The van der Waals surface area contributed by atoms with Crippen LogP contribution < -0.4 is 42.4 Å². The molecule has 0 fully saturated rings. The molecule has 0 amide bonds. The van der Waals surface area contributed by atoms with E-state index >= 15 is 0 Å². The van der Waals surface area contributed by atoms with Gasteiger partial charge in [0.2, 0.25) is 0 Å². The molecule has 3 aromatic rings. The van der Waals surface area contributed by atoms with Crippen LogP contribution in [0.1, 0.15) is 13.8 Å². The molecule has 285 valence electrons. The van der Waals surface area contributed by atoms with Gasteiger partial charge in [0.1, 0.15) is 0 Å². The number of hydrogen-bond donors (Lipinski definition) is 0. The monoisotopic (exact) mass is 816 g/mol. The molecule has 1 radical (unpaired) electrons. The van der Waals surface area contributed by atoms with Crippen molar-refractivity contribution in [3.8, 4) is 22.8 Å². The Morgan fingerprint density at radius 3 is 1.08 bits per heavy atom. The number of ketones is 1. The maximum atomic E-state index is 12.1. The van der Waals surface area contributed by atoms with Crippen molar-refractivity contribution in [1.82, 2.24) is 29.0 Å². The smallest absolute Gasteiger partial charge is 0.876 e. The molecule has 0 unspecified atom stereocenters. The third-order valence-electron chi connectivity index (χ3n) is 4.57. The normalized spacial score (nSPS) is 10.7. The predicted octanol–water partition coefficient (Wildman–Crippen LogP) is -8.26. The van der Waals surface area contributed by atoms with Crippen LogP contribution in [0.3, 0.4) is 0 Å². The summed E-state index contributed by atoms with van der Waals surface area (Å²) in [5.41, 5.74) is 3.46. The number of rotatable bonds is 6. The van der Waals surface area contributed by atoms with Gasteiger partial charge in [0.25, 0.3) is 7.59 Å². The van der Waals surface area contributed by atoms with Gasteiger partial charge in [-0.05, 0) is 91.7 Å². The van der Waals surface area contributed by atoms with E-state index in [0.717, 1.165) is 28.9 Å². The Labute approximate surface area is 305 Å². The fourth-order valence-corrected chi connectivity index (χ4v) is 5.25. The van der Waals surface area contributed by atoms with Crippen molar-refractivity contribution in [2.45, 2.75) is 13.8 Å². The number of carbonyl (C=O) groups is 1. The number of aromatic nitrogens is 3. The van der Waals surface area contributed by atoms with E-state index in [1.807, 2.05) is 96.9 Å². The molecule has 0 aliphatic heterocycles. The van der Waals surface area contributed by atoms with Gasteiger partial charge in [0.15, 0.2) is 5.78 Å². The summed E-state index contributed by atoms with van der Waals surface area (Å²) in [5, 5.41) is 9.98. The third-order valence-corrected chi connectivity index (χ3v) is 7.70. The van der Waals surface area contributed by atoms with Crippen molar-refractivity contribution in [2.24, 2.45) is 0 Å². The molecule has 0 aromatic carbocycles. The van der Waals surface area contributed by atoms with Crippen LogP contribution in [0.25, 0.3) is 22.8 Å². The summed E-state index contributed by atoms with van der Waals surface area (Å²) in [6.45, 7) is 2.70. The van der Waals surface area contributed by atoms with Crippen LogP contribution in [0.4, 0.5) is 0 Å². The van der Waals surface area contributed by atoms with Crippen LogP contribution in [0.2, 0.25) is 0 Å². The molecule has 0 atom stereocenters. The summed E-state index contributed by atoms with van der Waals surface area (Å²) >= 11 is 0. The van der Waals surface area contributed by atoms with Crippen LogP contribution in [0, 0.1) is 20.5 Å². The molecule has 3 heterocycles. The first-order valence-electron chi connectivity index (χ1n) is 12.4. The third kappa shape index (κ3) is 31.4. The van der Waals surface area contributed by atoms with Gasteiger partial charge >= 0.3 is 17.4 Å². The van der Waals surface area contributed by atoms with Crippen LogP contribution in [-0.2, 0) is 32.2 Å². The fraction of sp³-hybridized carbons (Fsp3) is 0.308. The Morgan fingerprint density at radius 2 is 0.920 bits per heavy atom. The summed E-state index contributed by atoms with van der Waals surface area (Å²) < 4.78 is 85.3. The molecule has 0 bridgehead atoms. The van der Waals surface area contributed by atoms with Gasteiger partial charge in [-0.2, -0.15) is 0 Å². The second-order valence-electron chi connectivity index (χ2n) is 9.01. The van der Waals surface area contributed by atoms with E-state index in [1.54, 1.807) is 26.4 Å². The average Bonchev–Trinajstić information content (AvgIpc) is 2.91. The molecule has 0 saturated heterocycles. The zero-order chi connectivity index (χ0) is 36.3. The van der Waals surface area contributed by atoms with Crippen LogP contribution >= 0.6 is 7.59 Å². The number of nitrogens with zero attached hydrogens (tertiary/aromatic N) is 6. The summed E-state index contributed by atoms with van der Waals surface area (Å²) in [4.78, 5) is 23.2. The first-order chi connectivity index (χ1) is 20.9. The predicted molar refractivity (Wildman–Crippen MR) is 156 cm³/mol. The minimum atomic E-state index is -4.94. The summed E-state index contributed by atoms with van der Waals surface area (Å²) in [6, 6.07) is 17.5. The van der Waals surface area contributed by atoms with E-state index in [1.165, 1.54) is 13.8 Å². The molecule has 20 nitrogen and oxygen atoms in total. The molecule has 50 heavy (non-hydrogen) atoms. The number of hydrogen-bond acceptors (Lipinski definition) is 14. The van der Waals surface area contributed by atoms with Gasteiger partial charge in [-0.25, -0.2) is 56.3 Å². The summed E-state index contributed by atoms with van der Waals surface area (Å²) in [7, 11) is -1.40. The van der Waals surface area contributed by atoms with Gasteiger partial charge in [-0.3, -0.25) is 19.3 Å². The molecule has 0 saturated carbocycles. The van der Waals surface area contributed by atoms with Gasteiger partial charge in [-0.15, -0.1) is 26.2 Å². The standard InChI is InChI=1S/C15H11N3.C6H18N3OP.C5H8O2.2ClHO4.Cr.3H2O/c1-3-10-16-12(6-1)14-8-5-9-15(18-14)13-7-2-4-11-17-13;1-7(2)11(10,8(3)4)9(5)6;1-4(6)3-5(2)7;2*2-1(3,4)5;;;;/h1-11H;1-6H3;3,6H,1-2H3;2*(H,2,3,4,5);;3*1H2/q;;;;;+3;;;/p-2/b;;4-3-;;;;;;.